The van der Waals surface area contributed by atoms with Crippen LogP contribution in [0.25, 0.3) is 0 Å². The highest BCUT2D eigenvalue weighted by Gasteiger charge is 2.13. The third-order valence-corrected chi connectivity index (χ3v) is 4.79. The van der Waals surface area contributed by atoms with Gasteiger partial charge in [-0.15, -0.1) is 11.8 Å². The summed E-state index contributed by atoms with van der Waals surface area (Å²) in [6, 6.07) is 7.51. The van der Waals surface area contributed by atoms with Crippen molar-refractivity contribution >= 4 is 23.6 Å². The molecule has 0 saturated heterocycles. The van der Waals surface area contributed by atoms with E-state index in [0.717, 1.165) is 11.3 Å². The van der Waals surface area contributed by atoms with Gasteiger partial charge in [0.15, 0.2) is 0 Å². The first-order valence-electron chi connectivity index (χ1n) is 11.1. The van der Waals surface area contributed by atoms with Gasteiger partial charge in [0.1, 0.15) is 12.4 Å². The minimum atomic E-state index is -0.225. The Morgan fingerprint density at radius 2 is 1.47 bits per heavy atom. The molecule has 34 heavy (non-hydrogen) atoms. The molecule has 0 aliphatic heterocycles. The SMILES string of the molecule is COC.CSC(CC(=O)NCc1ccc(OCCOCCOCCOCCN)cc1)NC(C)=O. The van der Waals surface area contributed by atoms with Crippen LogP contribution in [0, 0.1) is 0 Å². The van der Waals surface area contributed by atoms with Crippen LogP contribution >= 0.6 is 11.8 Å². The van der Waals surface area contributed by atoms with Crippen LogP contribution < -0.4 is 21.1 Å². The number of rotatable bonds is 18. The Kier molecular flexibility index (Phi) is 21.6. The van der Waals surface area contributed by atoms with Gasteiger partial charge in [-0.1, -0.05) is 12.1 Å². The molecule has 0 aromatic heterocycles. The number of hydrogen-bond donors (Lipinski definition) is 3. The van der Waals surface area contributed by atoms with Gasteiger partial charge in [0, 0.05) is 34.2 Å². The van der Waals surface area contributed by atoms with Gasteiger partial charge >= 0.3 is 0 Å². The first kappa shape index (κ1) is 32.1. The minimum absolute atomic E-state index is 0.113. The van der Waals surface area contributed by atoms with E-state index >= 15 is 0 Å². The van der Waals surface area contributed by atoms with Crippen LogP contribution in [0.4, 0.5) is 0 Å². The molecule has 0 heterocycles. The lowest BCUT2D eigenvalue weighted by Crippen LogP contribution is -2.35. The summed E-state index contributed by atoms with van der Waals surface area (Å²) in [7, 11) is 3.25. The summed E-state index contributed by atoms with van der Waals surface area (Å²) >= 11 is 1.43. The van der Waals surface area contributed by atoms with E-state index in [1.165, 1.54) is 18.7 Å². The summed E-state index contributed by atoms with van der Waals surface area (Å²) in [5, 5.41) is 5.37. The number of carbonyl (C=O) groups is 2. The first-order chi connectivity index (χ1) is 16.5. The average Bonchev–Trinajstić information content (AvgIpc) is 2.81. The van der Waals surface area contributed by atoms with E-state index in [-0.39, 0.29) is 23.6 Å². The molecule has 0 bridgehead atoms. The van der Waals surface area contributed by atoms with Crippen LogP contribution in [0.2, 0.25) is 0 Å². The van der Waals surface area contributed by atoms with Crippen LogP contribution in [0.3, 0.4) is 0 Å². The molecule has 0 saturated carbocycles. The molecule has 4 N–H and O–H groups in total. The topological polar surface area (TPSA) is 130 Å². The first-order valence-corrected chi connectivity index (χ1v) is 12.4. The van der Waals surface area contributed by atoms with Crippen LogP contribution in [0.1, 0.15) is 18.9 Å². The number of carbonyl (C=O) groups excluding carboxylic acids is 2. The number of ether oxygens (including phenoxy) is 5. The predicted molar refractivity (Wildman–Crippen MR) is 134 cm³/mol. The van der Waals surface area contributed by atoms with Gasteiger partial charge in [-0.25, -0.2) is 0 Å². The van der Waals surface area contributed by atoms with Crippen molar-refractivity contribution < 1.29 is 33.3 Å². The zero-order valence-electron chi connectivity index (χ0n) is 20.8. The number of hydrogen-bond acceptors (Lipinski definition) is 9. The van der Waals surface area contributed by atoms with Gasteiger partial charge in [-0.3, -0.25) is 9.59 Å². The Hall–Kier alpha value is -1.89. The summed E-state index contributed by atoms with van der Waals surface area (Å²) in [6.07, 6.45) is 2.09. The van der Waals surface area contributed by atoms with E-state index in [0.29, 0.717) is 59.3 Å². The van der Waals surface area contributed by atoms with Crippen molar-refractivity contribution in [1.82, 2.24) is 10.6 Å². The fraction of sp³-hybridized carbons (Fsp3) is 0.652. The Labute approximate surface area is 207 Å². The smallest absolute Gasteiger partial charge is 0.223 e. The van der Waals surface area contributed by atoms with Crippen LogP contribution in [-0.2, 0) is 35.1 Å². The highest BCUT2D eigenvalue weighted by atomic mass is 32.2. The summed E-state index contributed by atoms with van der Waals surface area (Å²) in [6.45, 7) is 5.90. The molecule has 1 atom stereocenters. The molecule has 1 unspecified atom stereocenters. The van der Waals surface area contributed by atoms with E-state index in [2.05, 4.69) is 15.4 Å². The molecule has 196 valence electrons. The molecule has 0 spiro atoms. The summed E-state index contributed by atoms with van der Waals surface area (Å²) in [5.41, 5.74) is 6.28. The van der Waals surface area contributed by atoms with E-state index < -0.39 is 0 Å². The maximum atomic E-state index is 12.0. The van der Waals surface area contributed by atoms with Gasteiger partial charge in [-0.05, 0) is 24.0 Å². The lowest BCUT2D eigenvalue weighted by Gasteiger charge is -2.15. The normalized spacial score (nSPS) is 11.2. The van der Waals surface area contributed by atoms with Crippen LogP contribution in [-0.4, -0.2) is 90.5 Å². The lowest BCUT2D eigenvalue weighted by molar-refractivity contribution is -0.122. The zero-order chi connectivity index (χ0) is 25.4. The number of methoxy groups -OCH3 is 1. The Morgan fingerprint density at radius 3 is 1.97 bits per heavy atom. The fourth-order valence-electron chi connectivity index (χ4n) is 2.41. The number of thioether (sulfide) groups is 1. The minimum Gasteiger partial charge on any atom is -0.491 e. The Morgan fingerprint density at radius 1 is 0.941 bits per heavy atom. The van der Waals surface area contributed by atoms with Gasteiger partial charge < -0.3 is 40.1 Å². The number of nitrogens with one attached hydrogen (secondary N) is 2. The summed E-state index contributed by atoms with van der Waals surface area (Å²) in [5.74, 6) is 0.475. The Bertz CT molecular complexity index is 635. The molecule has 1 aromatic rings. The highest BCUT2D eigenvalue weighted by molar-refractivity contribution is 7.99. The summed E-state index contributed by atoms with van der Waals surface area (Å²) in [4.78, 5) is 23.1. The molecule has 0 aliphatic rings. The van der Waals surface area contributed by atoms with Gasteiger partial charge in [0.05, 0.1) is 51.4 Å². The van der Waals surface area contributed by atoms with Gasteiger partial charge in [-0.2, -0.15) is 0 Å². The second-order valence-electron chi connectivity index (χ2n) is 6.93. The number of amides is 2. The predicted octanol–water partition coefficient (Wildman–Crippen LogP) is 1.17. The molecule has 1 rings (SSSR count). The number of benzene rings is 1. The second-order valence-corrected chi connectivity index (χ2v) is 7.97. The average molecular weight is 504 g/mol. The molecule has 10 nitrogen and oxygen atoms in total. The molecule has 0 radical (unpaired) electrons. The molecular weight excluding hydrogens is 462 g/mol. The van der Waals surface area contributed by atoms with Gasteiger partial charge in [0.2, 0.25) is 11.8 Å². The van der Waals surface area contributed by atoms with E-state index in [4.69, 9.17) is 24.7 Å². The van der Waals surface area contributed by atoms with Crippen LogP contribution in [0.15, 0.2) is 24.3 Å². The third kappa shape index (κ3) is 19.6. The van der Waals surface area contributed by atoms with Crippen molar-refractivity contribution in [1.29, 1.82) is 0 Å². The molecule has 11 heteroatoms. The Balaban J connectivity index is 0.00000343. The van der Waals surface area contributed by atoms with Crippen molar-refractivity contribution in [3.05, 3.63) is 29.8 Å². The molecule has 2 amide bonds. The maximum Gasteiger partial charge on any atom is 0.223 e. The van der Waals surface area contributed by atoms with Gasteiger partial charge in [0.25, 0.3) is 0 Å². The van der Waals surface area contributed by atoms with E-state index in [1.54, 1.807) is 14.2 Å². The van der Waals surface area contributed by atoms with Crippen molar-refractivity contribution in [3.8, 4) is 5.75 Å². The van der Waals surface area contributed by atoms with E-state index in [1.807, 2.05) is 30.5 Å². The summed E-state index contributed by atoms with van der Waals surface area (Å²) < 4.78 is 25.9. The monoisotopic (exact) mass is 503 g/mol. The fourth-order valence-corrected chi connectivity index (χ4v) is 3.01. The largest absolute Gasteiger partial charge is 0.491 e. The van der Waals surface area contributed by atoms with Crippen molar-refractivity contribution in [2.24, 2.45) is 5.73 Å². The molecule has 0 aliphatic carbocycles. The highest BCUT2D eigenvalue weighted by Crippen LogP contribution is 2.12. The molecule has 0 fully saturated rings. The molecule has 1 aromatic carbocycles. The maximum absolute atomic E-state index is 12.0. The van der Waals surface area contributed by atoms with Crippen molar-refractivity contribution in [2.75, 3.05) is 73.3 Å². The standard InChI is InChI=1S/C21H35N3O6S.C2H6O/c1-17(25)24-21(31-2)15-20(26)23-16-18-3-5-19(6-4-18)30-14-13-29-12-11-28-10-9-27-8-7-22;1-3-2/h3-6,21H,7-16,22H2,1-2H3,(H,23,26)(H,24,25);1-2H3. The quantitative estimate of drug-likeness (QED) is 0.200. The third-order valence-electron chi connectivity index (χ3n) is 3.94. The second kappa shape index (κ2) is 22.9. The van der Waals surface area contributed by atoms with Crippen LogP contribution in [0.5, 0.6) is 5.75 Å². The lowest BCUT2D eigenvalue weighted by atomic mass is 10.2. The van der Waals surface area contributed by atoms with E-state index in [9.17, 15) is 9.59 Å². The zero-order valence-corrected chi connectivity index (χ0v) is 21.6. The van der Waals surface area contributed by atoms with Crippen molar-refractivity contribution in [3.63, 3.8) is 0 Å². The number of nitrogens with two attached hydrogens (primary N) is 1. The molecular formula is C23H41N3O7S. The van der Waals surface area contributed by atoms with Crippen molar-refractivity contribution in [2.45, 2.75) is 25.3 Å².